The standard InChI is InChI=1S/C16H25N3.HI/c1-4-16(6-5-7-16)11-18-15(17)19-14-9-12(2)8-13(3)10-14;/h8-10H,4-7,11H2,1-3H3,(H3,17,18,19);1H. The predicted octanol–water partition coefficient (Wildman–Crippen LogP) is 4.23. The minimum atomic E-state index is 0. The normalized spacial score (nSPS) is 17.1. The van der Waals surface area contributed by atoms with Gasteiger partial charge in [-0.3, -0.25) is 4.99 Å². The number of guanidine groups is 1. The number of halogens is 1. The van der Waals surface area contributed by atoms with Crippen molar-refractivity contribution in [2.24, 2.45) is 16.1 Å². The Morgan fingerprint density at radius 1 is 1.25 bits per heavy atom. The van der Waals surface area contributed by atoms with Crippen LogP contribution in [0.15, 0.2) is 23.2 Å². The highest BCUT2D eigenvalue weighted by atomic mass is 127. The van der Waals surface area contributed by atoms with E-state index in [0.29, 0.717) is 11.4 Å². The second-order valence-corrected chi connectivity index (χ2v) is 5.91. The van der Waals surface area contributed by atoms with Crippen molar-refractivity contribution in [1.29, 1.82) is 0 Å². The second kappa shape index (κ2) is 7.29. The number of nitrogens with two attached hydrogens (primary N) is 1. The van der Waals surface area contributed by atoms with E-state index in [2.05, 4.69) is 49.3 Å². The Hall–Kier alpha value is -0.780. The van der Waals surface area contributed by atoms with Crippen LogP contribution in [0.2, 0.25) is 0 Å². The van der Waals surface area contributed by atoms with Gasteiger partial charge in [0.2, 0.25) is 0 Å². The SMILES string of the molecule is CCC1(CN=C(N)Nc2cc(C)cc(C)c2)CCC1.I. The Bertz CT molecular complexity index is 453. The van der Waals surface area contributed by atoms with Crippen molar-refractivity contribution in [2.75, 3.05) is 11.9 Å². The molecule has 3 nitrogen and oxygen atoms in total. The van der Waals surface area contributed by atoms with Gasteiger partial charge >= 0.3 is 0 Å². The van der Waals surface area contributed by atoms with Crippen molar-refractivity contribution >= 4 is 35.6 Å². The Balaban J connectivity index is 0.00000200. The van der Waals surface area contributed by atoms with Gasteiger partial charge in [-0.25, -0.2) is 0 Å². The van der Waals surface area contributed by atoms with E-state index < -0.39 is 0 Å². The third-order valence-corrected chi connectivity index (χ3v) is 4.24. The third kappa shape index (κ3) is 4.36. The molecule has 0 aromatic heterocycles. The fraction of sp³-hybridized carbons (Fsp3) is 0.562. The molecule has 20 heavy (non-hydrogen) atoms. The predicted molar refractivity (Wildman–Crippen MR) is 98.0 cm³/mol. The number of aryl methyl sites for hydroxylation is 2. The molecule has 0 radical (unpaired) electrons. The van der Waals surface area contributed by atoms with Gasteiger partial charge in [0.1, 0.15) is 0 Å². The zero-order valence-corrected chi connectivity index (χ0v) is 15.0. The van der Waals surface area contributed by atoms with Crippen LogP contribution in [-0.4, -0.2) is 12.5 Å². The number of aliphatic imine (C=N–C) groups is 1. The van der Waals surface area contributed by atoms with E-state index in [1.807, 2.05) is 0 Å². The van der Waals surface area contributed by atoms with Crippen LogP contribution >= 0.6 is 24.0 Å². The van der Waals surface area contributed by atoms with Crippen LogP contribution in [0.3, 0.4) is 0 Å². The molecule has 0 atom stereocenters. The fourth-order valence-corrected chi connectivity index (χ4v) is 2.79. The highest BCUT2D eigenvalue weighted by molar-refractivity contribution is 14.0. The van der Waals surface area contributed by atoms with E-state index in [4.69, 9.17) is 5.73 Å². The fourth-order valence-electron chi connectivity index (χ4n) is 2.79. The van der Waals surface area contributed by atoms with Crippen molar-refractivity contribution < 1.29 is 0 Å². The maximum atomic E-state index is 5.99. The molecule has 112 valence electrons. The molecule has 1 aromatic rings. The molecule has 0 amide bonds. The molecular formula is C16H26IN3. The summed E-state index contributed by atoms with van der Waals surface area (Å²) < 4.78 is 0. The lowest BCUT2D eigenvalue weighted by atomic mass is 9.67. The van der Waals surface area contributed by atoms with E-state index in [-0.39, 0.29) is 24.0 Å². The number of nitrogens with one attached hydrogen (secondary N) is 1. The Kier molecular flexibility index (Phi) is 6.30. The quantitative estimate of drug-likeness (QED) is 0.462. The summed E-state index contributed by atoms with van der Waals surface area (Å²) >= 11 is 0. The van der Waals surface area contributed by atoms with Crippen LogP contribution < -0.4 is 11.1 Å². The Labute approximate surface area is 139 Å². The summed E-state index contributed by atoms with van der Waals surface area (Å²) in [7, 11) is 0. The summed E-state index contributed by atoms with van der Waals surface area (Å²) in [5.74, 6) is 0.532. The first kappa shape index (κ1) is 17.3. The van der Waals surface area contributed by atoms with Gasteiger partial charge in [-0.15, -0.1) is 24.0 Å². The van der Waals surface area contributed by atoms with Gasteiger partial charge in [-0.05, 0) is 61.8 Å². The van der Waals surface area contributed by atoms with Gasteiger partial charge in [-0.2, -0.15) is 0 Å². The molecule has 1 aliphatic carbocycles. The average Bonchev–Trinajstić information content (AvgIpc) is 2.26. The number of anilines is 1. The first-order chi connectivity index (χ1) is 9.03. The molecule has 4 heteroatoms. The second-order valence-electron chi connectivity index (χ2n) is 5.91. The molecule has 0 bridgehead atoms. The molecule has 1 aromatic carbocycles. The van der Waals surface area contributed by atoms with Gasteiger partial charge in [-0.1, -0.05) is 19.4 Å². The van der Waals surface area contributed by atoms with E-state index in [9.17, 15) is 0 Å². The maximum Gasteiger partial charge on any atom is 0.193 e. The molecule has 0 heterocycles. The molecule has 0 saturated heterocycles. The van der Waals surface area contributed by atoms with Crippen molar-refractivity contribution in [3.05, 3.63) is 29.3 Å². The van der Waals surface area contributed by atoms with Crippen LogP contribution in [0.4, 0.5) is 5.69 Å². The number of nitrogens with zero attached hydrogens (tertiary/aromatic N) is 1. The molecule has 1 fully saturated rings. The number of hydrogen-bond acceptors (Lipinski definition) is 1. The topological polar surface area (TPSA) is 50.4 Å². The van der Waals surface area contributed by atoms with Crippen molar-refractivity contribution in [3.63, 3.8) is 0 Å². The summed E-state index contributed by atoms with van der Waals surface area (Å²) in [6, 6.07) is 6.33. The first-order valence-corrected chi connectivity index (χ1v) is 7.18. The molecule has 0 spiro atoms. The number of hydrogen-bond donors (Lipinski definition) is 2. The highest BCUT2D eigenvalue weighted by Crippen LogP contribution is 2.43. The summed E-state index contributed by atoms with van der Waals surface area (Å²) in [5.41, 5.74) is 9.91. The molecular weight excluding hydrogens is 361 g/mol. The molecule has 1 aliphatic rings. The smallest absolute Gasteiger partial charge is 0.193 e. The summed E-state index contributed by atoms with van der Waals surface area (Å²) in [5, 5.41) is 3.20. The van der Waals surface area contributed by atoms with Gasteiger partial charge in [0.05, 0.1) is 0 Å². The lowest BCUT2D eigenvalue weighted by Gasteiger charge is -2.40. The molecule has 0 aliphatic heterocycles. The largest absolute Gasteiger partial charge is 0.370 e. The minimum Gasteiger partial charge on any atom is -0.370 e. The lowest BCUT2D eigenvalue weighted by Crippen LogP contribution is -2.33. The van der Waals surface area contributed by atoms with Gasteiger partial charge < -0.3 is 11.1 Å². The van der Waals surface area contributed by atoms with Crippen LogP contribution in [-0.2, 0) is 0 Å². The zero-order valence-electron chi connectivity index (χ0n) is 12.7. The summed E-state index contributed by atoms with van der Waals surface area (Å²) in [6.45, 7) is 7.28. The first-order valence-electron chi connectivity index (χ1n) is 7.18. The minimum absolute atomic E-state index is 0. The van der Waals surface area contributed by atoms with E-state index in [1.54, 1.807) is 0 Å². The Morgan fingerprint density at radius 2 is 1.85 bits per heavy atom. The molecule has 1 saturated carbocycles. The number of benzene rings is 1. The van der Waals surface area contributed by atoms with Crippen LogP contribution in [0.25, 0.3) is 0 Å². The molecule has 2 rings (SSSR count). The highest BCUT2D eigenvalue weighted by Gasteiger charge is 2.34. The van der Waals surface area contributed by atoms with Crippen molar-refractivity contribution in [2.45, 2.75) is 46.5 Å². The molecule has 3 N–H and O–H groups in total. The molecule has 0 unspecified atom stereocenters. The average molecular weight is 387 g/mol. The summed E-state index contributed by atoms with van der Waals surface area (Å²) in [6.07, 6.45) is 5.13. The van der Waals surface area contributed by atoms with Gasteiger partial charge in [0.15, 0.2) is 5.96 Å². The van der Waals surface area contributed by atoms with Crippen LogP contribution in [0.5, 0.6) is 0 Å². The van der Waals surface area contributed by atoms with Crippen molar-refractivity contribution in [1.82, 2.24) is 0 Å². The van der Waals surface area contributed by atoms with Crippen LogP contribution in [0.1, 0.15) is 43.7 Å². The van der Waals surface area contributed by atoms with Crippen molar-refractivity contribution in [3.8, 4) is 0 Å². The zero-order chi connectivity index (χ0) is 13.9. The van der Waals surface area contributed by atoms with E-state index >= 15 is 0 Å². The Morgan fingerprint density at radius 3 is 2.30 bits per heavy atom. The van der Waals surface area contributed by atoms with Gasteiger partial charge in [0.25, 0.3) is 0 Å². The summed E-state index contributed by atoms with van der Waals surface area (Å²) in [4.78, 5) is 4.53. The lowest BCUT2D eigenvalue weighted by molar-refractivity contribution is 0.139. The maximum absolute atomic E-state index is 5.99. The van der Waals surface area contributed by atoms with E-state index in [0.717, 1.165) is 12.2 Å². The van der Waals surface area contributed by atoms with E-state index in [1.165, 1.54) is 36.8 Å². The number of rotatable bonds is 4. The monoisotopic (exact) mass is 387 g/mol. The van der Waals surface area contributed by atoms with Gasteiger partial charge in [0, 0.05) is 12.2 Å². The van der Waals surface area contributed by atoms with Crippen LogP contribution in [0, 0.1) is 19.3 Å². The third-order valence-electron chi connectivity index (χ3n) is 4.24.